The maximum absolute atomic E-state index is 13.1. The SMILES string of the molecule is Cc1c(-c2cccnc2)[nH]c2cc(F)ccc12.Cl. The Balaban J connectivity index is 0.00000120. The third kappa shape index (κ3) is 1.97. The van der Waals surface area contributed by atoms with Crippen molar-refractivity contribution >= 4 is 23.3 Å². The number of benzene rings is 1. The third-order valence-electron chi connectivity index (χ3n) is 2.97. The van der Waals surface area contributed by atoms with Crippen LogP contribution in [0.25, 0.3) is 22.2 Å². The van der Waals surface area contributed by atoms with E-state index in [2.05, 4.69) is 9.97 Å². The number of hydrogen-bond acceptors (Lipinski definition) is 1. The van der Waals surface area contributed by atoms with Gasteiger partial charge in [-0.1, -0.05) is 0 Å². The first-order chi connectivity index (χ1) is 8.25. The molecule has 2 aromatic heterocycles. The van der Waals surface area contributed by atoms with Crippen LogP contribution >= 0.6 is 12.4 Å². The van der Waals surface area contributed by atoms with Gasteiger partial charge in [0.15, 0.2) is 0 Å². The molecular weight excluding hydrogens is 251 g/mol. The number of rotatable bonds is 1. The molecule has 0 radical (unpaired) electrons. The van der Waals surface area contributed by atoms with Gasteiger partial charge < -0.3 is 4.98 Å². The highest BCUT2D eigenvalue weighted by Gasteiger charge is 2.09. The molecule has 3 rings (SSSR count). The van der Waals surface area contributed by atoms with E-state index in [9.17, 15) is 4.39 Å². The summed E-state index contributed by atoms with van der Waals surface area (Å²) in [6, 6.07) is 8.68. The summed E-state index contributed by atoms with van der Waals surface area (Å²) >= 11 is 0. The highest BCUT2D eigenvalue weighted by atomic mass is 35.5. The molecule has 1 N–H and O–H groups in total. The third-order valence-corrected chi connectivity index (χ3v) is 2.97. The molecule has 0 aliphatic rings. The van der Waals surface area contributed by atoms with Gasteiger partial charge in [0.05, 0.1) is 5.69 Å². The van der Waals surface area contributed by atoms with Crippen molar-refractivity contribution in [3.05, 3.63) is 54.1 Å². The van der Waals surface area contributed by atoms with Crippen LogP contribution < -0.4 is 0 Å². The molecule has 0 aliphatic heterocycles. The number of aromatic amines is 1. The zero-order chi connectivity index (χ0) is 11.8. The lowest BCUT2D eigenvalue weighted by molar-refractivity contribution is 0.629. The van der Waals surface area contributed by atoms with Gasteiger partial charge in [-0.25, -0.2) is 4.39 Å². The molecule has 4 heteroatoms. The van der Waals surface area contributed by atoms with Crippen LogP contribution in [0.3, 0.4) is 0 Å². The highest BCUT2D eigenvalue weighted by molar-refractivity contribution is 5.90. The smallest absolute Gasteiger partial charge is 0.125 e. The number of nitrogens with zero attached hydrogens (tertiary/aromatic N) is 1. The Kier molecular flexibility index (Phi) is 3.34. The van der Waals surface area contributed by atoms with Crippen LogP contribution in [0.4, 0.5) is 4.39 Å². The molecule has 18 heavy (non-hydrogen) atoms. The molecule has 0 unspecified atom stereocenters. The summed E-state index contributed by atoms with van der Waals surface area (Å²) in [5.74, 6) is -0.225. The lowest BCUT2D eigenvalue weighted by atomic mass is 10.1. The van der Waals surface area contributed by atoms with Crippen molar-refractivity contribution < 1.29 is 4.39 Å². The van der Waals surface area contributed by atoms with Gasteiger partial charge in [-0.3, -0.25) is 4.98 Å². The van der Waals surface area contributed by atoms with E-state index in [1.165, 1.54) is 12.1 Å². The standard InChI is InChI=1S/C14H11FN2.ClH/c1-9-12-5-4-11(15)7-13(12)17-14(9)10-3-2-6-16-8-10;/h2-8,17H,1H3;1H. The number of aryl methyl sites for hydroxylation is 1. The molecule has 0 atom stereocenters. The number of hydrogen-bond donors (Lipinski definition) is 1. The van der Waals surface area contributed by atoms with Gasteiger partial charge in [0.1, 0.15) is 5.82 Å². The van der Waals surface area contributed by atoms with Crippen molar-refractivity contribution in [2.45, 2.75) is 6.92 Å². The summed E-state index contributed by atoms with van der Waals surface area (Å²) in [6.45, 7) is 2.03. The van der Waals surface area contributed by atoms with Gasteiger partial charge in [-0.15, -0.1) is 12.4 Å². The van der Waals surface area contributed by atoms with Gasteiger partial charge in [-0.2, -0.15) is 0 Å². The fourth-order valence-corrected chi connectivity index (χ4v) is 2.11. The molecule has 2 nitrogen and oxygen atoms in total. The molecular formula is C14H12ClFN2. The van der Waals surface area contributed by atoms with Crippen molar-refractivity contribution in [3.8, 4) is 11.3 Å². The lowest BCUT2D eigenvalue weighted by Crippen LogP contribution is -1.81. The first-order valence-electron chi connectivity index (χ1n) is 5.44. The van der Waals surface area contributed by atoms with Crippen molar-refractivity contribution in [3.63, 3.8) is 0 Å². The molecule has 2 heterocycles. The first kappa shape index (κ1) is 12.6. The Morgan fingerprint density at radius 1 is 1.22 bits per heavy atom. The van der Waals surface area contributed by atoms with Gasteiger partial charge >= 0.3 is 0 Å². The van der Waals surface area contributed by atoms with E-state index in [4.69, 9.17) is 0 Å². The second-order valence-corrected chi connectivity index (χ2v) is 4.06. The minimum Gasteiger partial charge on any atom is -0.354 e. The molecule has 0 aliphatic carbocycles. The van der Waals surface area contributed by atoms with Crippen LogP contribution in [0.5, 0.6) is 0 Å². The second-order valence-electron chi connectivity index (χ2n) is 4.06. The summed E-state index contributed by atoms with van der Waals surface area (Å²) < 4.78 is 13.1. The summed E-state index contributed by atoms with van der Waals surface area (Å²) in [5, 5.41) is 1.05. The van der Waals surface area contributed by atoms with Crippen molar-refractivity contribution in [2.75, 3.05) is 0 Å². The monoisotopic (exact) mass is 262 g/mol. The molecule has 0 bridgehead atoms. The number of nitrogens with one attached hydrogen (secondary N) is 1. The van der Waals surface area contributed by atoms with Gasteiger partial charge in [0, 0.05) is 28.9 Å². The average Bonchev–Trinajstić information content (AvgIpc) is 2.67. The Hall–Kier alpha value is -1.87. The number of pyridine rings is 1. The van der Waals surface area contributed by atoms with Gasteiger partial charge in [0.25, 0.3) is 0 Å². The van der Waals surface area contributed by atoms with E-state index < -0.39 is 0 Å². The summed E-state index contributed by atoms with van der Waals surface area (Å²) in [5.41, 5.74) is 3.95. The maximum Gasteiger partial charge on any atom is 0.125 e. The van der Waals surface area contributed by atoms with Crippen LogP contribution in [0.1, 0.15) is 5.56 Å². The molecule has 0 amide bonds. The minimum absolute atomic E-state index is 0. The molecule has 0 saturated carbocycles. The minimum atomic E-state index is -0.225. The Labute approximate surface area is 110 Å². The molecule has 0 fully saturated rings. The molecule has 0 saturated heterocycles. The largest absolute Gasteiger partial charge is 0.354 e. The second kappa shape index (κ2) is 4.78. The summed E-state index contributed by atoms with van der Waals surface area (Å²) in [7, 11) is 0. The Bertz CT molecular complexity index is 677. The van der Waals surface area contributed by atoms with E-state index in [1.54, 1.807) is 18.5 Å². The van der Waals surface area contributed by atoms with Crippen molar-refractivity contribution in [2.24, 2.45) is 0 Å². The first-order valence-corrected chi connectivity index (χ1v) is 5.44. The van der Waals surface area contributed by atoms with Crippen molar-refractivity contribution in [1.82, 2.24) is 9.97 Å². The average molecular weight is 263 g/mol. The van der Waals surface area contributed by atoms with Crippen LogP contribution in [0.2, 0.25) is 0 Å². The van der Waals surface area contributed by atoms with Crippen molar-refractivity contribution in [1.29, 1.82) is 0 Å². The predicted molar refractivity (Wildman–Crippen MR) is 73.5 cm³/mol. The Morgan fingerprint density at radius 3 is 2.78 bits per heavy atom. The van der Waals surface area contributed by atoms with E-state index in [-0.39, 0.29) is 18.2 Å². The predicted octanol–water partition coefficient (Wildman–Crippen LogP) is 4.10. The van der Waals surface area contributed by atoms with Crippen LogP contribution in [0.15, 0.2) is 42.7 Å². The molecule has 0 spiro atoms. The normalized spacial score (nSPS) is 10.3. The molecule has 92 valence electrons. The topological polar surface area (TPSA) is 28.7 Å². The van der Waals surface area contributed by atoms with Crippen LogP contribution in [-0.2, 0) is 0 Å². The van der Waals surface area contributed by atoms with E-state index in [0.29, 0.717) is 0 Å². The molecule has 3 aromatic rings. The van der Waals surface area contributed by atoms with Crippen LogP contribution in [0, 0.1) is 12.7 Å². The van der Waals surface area contributed by atoms with Crippen LogP contribution in [-0.4, -0.2) is 9.97 Å². The zero-order valence-corrected chi connectivity index (χ0v) is 10.6. The zero-order valence-electron chi connectivity index (χ0n) is 9.77. The van der Waals surface area contributed by atoms with E-state index >= 15 is 0 Å². The van der Waals surface area contributed by atoms with E-state index in [1.807, 2.05) is 19.1 Å². The number of aromatic nitrogens is 2. The number of H-pyrrole nitrogens is 1. The van der Waals surface area contributed by atoms with E-state index in [0.717, 1.165) is 27.7 Å². The number of halogens is 2. The number of fused-ring (bicyclic) bond motifs is 1. The maximum atomic E-state index is 13.1. The lowest BCUT2D eigenvalue weighted by Gasteiger charge is -1.98. The fourth-order valence-electron chi connectivity index (χ4n) is 2.11. The summed E-state index contributed by atoms with van der Waals surface area (Å²) in [4.78, 5) is 7.34. The summed E-state index contributed by atoms with van der Waals surface area (Å²) in [6.07, 6.45) is 3.54. The fraction of sp³-hybridized carbons (Fsp3) is 0.0714. The van der Waals surface area contributed by atoms with Gasteiger partial charge in [0.2, 0.25) is 0 Å². The quantitative estimate of drug-likeness (QED) is 0.703. The Morgan fingerprint density at radius 2 is 2.06 bits per heavy atom. The highest BCUT2D eigenvalue weighted by Crippen LogP contribution is 2.29. The van der Waals surface area contributed by atoms with Gasteiger partial charge in [-0.05, 0) is 42.8 Å². The molecule has 1 aromatic carbocycles.